The van der Waals surface area contributed by atoms with Crippen molar-refractivity contribution in [3.8, 4) is 0 Å². The maximum atomic E-state index is 5.89. The van der Waals surface area contributed by atoms with Gasteiger partial charge in [-0.25, -0.2) is 0 Å². The standard InChI is InChI=1S/C7H9ClN2S/c1-11-7-5(8)3-2-4-6(7)10-9/h2-4,10H,9H2,1H3. The summed E-state index contributed by atoms with van der Waals surface area (Å²) in [6, 6.07) is 5.59. The van der Waals surface area contributed by atoms with Crippen molar-refractivity contribution in [3.05, 3.63) is 23.2 Å². The Labute approximate surface area is 75.1 Å². The Balaban J connectivity index is 3.13. The molecule has 1 aromatic rings. The second kappa shape index (κ2) is 3.85. The van der Waals surface area contributed by atoms with Crippen LogP contribution in [0.5, 0.6) is 0 Å². The zero-order valence-electron chi connectivity index (χ0n) is 6.10. The molecule has 0 aliphatic heterocycles. The van der Waals surface area contributed by atoms with E-state index in [0.29, 0.717) is 0 Å². The van der Waals surface area contributed by atoms with E-state index in [1.165, 1.54) is 0 Å². The Morgan fingerprint density at radius 3 is 2.73 bits per heavy atom. The lowest BCUT2D eigenvalue weighted by atomic mass is 10.3. The van der Waals surface area contributed by atoms with E-state index in [1.54, 1.807) is 11.8 Å². The first-order valence-corrected chi connectivity index (χ1v) is 4.69. The molecular weight excluding hydrogens is 180 g/mol. The molecule has 0 unspecified atom stereocenters. The summed E-state index contributed by atoms with van der Waals surface area (Å²) in [5.41, 5.74) is 3.45. The number of halogens is 1. The summed E-state index contributed by atoms with van der Waals surface area (Å²) in [6.07, 6.45) is 1.96. The number of anilines is 1. The zero-order valence-corrected chi connectivity index (χ0v) is 7.67. The highest BCUT2D eigenvalue weighted by Crippen LogP contribution is 2.31. The molecule has 0 aliphatic rings. The summed E-state index contributed by atoms with van der Waals surface area (Å²) in [5, 5.41) is 0.730. The molecule has 0 fully saturated rings. The molecule has 0 radical (unpaired) electrons. The van der Waals surface area contributed by atoms with E-state index in [2.05, 4.69) is 5.43 Å². The monoisotopic (exact) mass is 188 g/mol. The van der Waals surface area contributed by atoms with Crippen LogP contribution < -0.4 is 11.3 Å². The molecule has 2 nitrogen and oxygen atoms in total. The minimum absolute atomic E-state index is 0.730. The second-order valence-corrected chi connectivity index (χ2v) is 3.19. The molecule has 4 heteroatoms. The molecule has 0 saturated carbocycles. The van der Waals surface area contributed by atoms with Crippen LogP contribution in [0.25, 0.3) is 0 Å². The number of benzene rings is 1. The number of rotatable bonds is 2. The van der Waals surface area contributed by atoms with Crippen LogP contribution in [0.4, 0.5) is 5.69 Å². The third-order valence-corrected chi connectivity index (χ3v) is 2.60. The smallest absolute Gasteiger partial charge is 0.0636 e. The van der Waals surface area contributed by atoms with Gasteiger partial charge in [0, 0.05) is 0 Å². The van der Waals surface area contributed by atoms with Crippen molar-refractivity contribution in [2.45, 2.75) is 4.90 Å². The summed E-state index contributed by atoms with van der Waals surface area (Å²) < 4.78 is 0. The van der Waals surface area contributed by atoms with Gasteiger partial charge in [0.15, 0.2) is 0 Å². The van der Waals surface area contributed by atoms with Crippen LogP contribution >= 0.6 is 23.4 Å². The first-order chi connectivity index (χ1) is 5.29. The highest BCUT2D eigenvalue weighted by molar-refractivity contribution is 7.98. The maximum absolute atomic E-state index is 5.89. The lowest BCUT2D eigenvalue weighted by molar-refractivity contribution is 1.29. The summed E-state index contributed by atoms with van der Waals surface area (Å²) >= 11 is 7.46. The van der Waals surface area contributed by atoms with Gasteiger partial charge < -0.3 is 5.43 Å². The Morgan fingerprint density at radius 2 is 2.27 bits per heavy atom. The van der Waals surface area contributed by atoms with Crippen LogP contribution in [0.3, 0.4) is 0 Å². The average molecular weight is 189 g/mol. The Bertz CT molecular complexity index is 252. The molecule has 60 valence electrons. The van der Waals surface area contributed by atoms with E-state index in [0.717, 1.165) is 15.6 Å². The Morgan fingerprint density at radius 1 is 1.55 bits per heavy atom. The molecule has 0 bridgehead atoms. The molecule has 1 rings (SSSR count). The van der Waals surface area contributed by atoms with Gasteiger partial charge in [-0.2, -0.15) is 0 Å². The van der Waals surface area contributed by atoms with Crippen LogP contribution in [0.2, 0.25) is 5.02 Å². The van der Waals surface area contributed by atoms with E-state index in [4.69, 9.17) is 17.4 Å². The van der Waals surface area contributed by atoms with Crippen LogP contribution in [-0.2, 0) is 0 Å². The molecule has 0 aromatic heterocycles. The number of nitrogen functional groups attached to an aromatic ring is 1. The van der Waals surface area contributed by atoms with Gasteiger partial charge in [0.25, 0.3) is 0 Å². The van der Waals surface area contributed by atoms with Gasteiger partial charge >= 0.3 is 0 Å². The number of hydrogen-bond donors (Lipinski definition) is 2. The minimum Gasteiger partial charge on any atom is -0.323 e. The zero-order chi connectivity index (χ0) is 8.27. The number of nitrogens with one attached hydrogen (secondary N) is 1. The molecule has 0 saturated heterocycles. The molecular formula is C7H9ClN2S. The lowest BCUT2D eigenvalue weighted by Crippen LogP contribution is -2.07. The highest BCUT2D eigenvalue weighted by Gasteiger charge is 2.02. The van der Waals surface area contributed by atoms with Gasteiger partial charge in [0.1, 0.15) is 0 Å². The van der Waals surface area contributed by atoms with Crippen molar-refractivity contribution in [2.75, 3.05) is 11.7 Å². The van der Waals surface area contributed by atoms with Gasteiger partial charge in [-0.15, -0.1) is 11.8 Å². The van der Waals surface area contributed by atoms with Crippen molar-refractivity contribution in [2.24, 2.45) is 5.84 Å². The minimum atomic E-state index is 0.730. The number of nitrogens with two attached hydrogens (primary N) is 1. The molecule has 0 atom stereocenters. The predicted molar refractivity (Wildman–Crippen MR) is 51.0 cm³/mol. The van der Waals surface area contributed by atoms with E-state index in [9.17, 15) is 0 Å². The fourth-order valence-electron chi connectivity index (χ4n) is 0.830. The normalized spacial score (nSPS) is 9.73. The van der Waals surface area contributed by atoms with Gasteiger partial charge in [-0.05, 0) is 18.4 Å². The van der Waals surface area contributed by atoms with Gasteiger partial charge in [0.2, 0.25) is 0 Å². The fraction of sp³-hybridized carbons (Fsp3) is 0.143. The first kappa shape index (κ1) is 8.71. The molecule has 1 aromatic carbocycles. The van der Waals surface area contributed by atoms with Crippen molar-refractivity contribution in [3.63, 3.8) is 0 Å². The van der Waals surface area contributed by atoms with Gasteiger partial charge in [-0.3, -0.25) is 5.84 Å². The first-order valence-electron chi connectivity index (χ1n) is 3.08. The maximum Gasteiger partial charge on any atom is 0.0636 e. The van der Waals surface area contributed by atoms with Crippen molar-refractivity contribution in [1.29, 1.82) is 0 Å². The van der Waals surface area contributed by atoms with Crippen molar-refractivity contribution < 1.29 is 0 Å². The highest BCUT2D eigenvalue weighted by atomic mass is 35.5. The van der Waals surface area contributed by atoms with E-state index < -0.39 is 0 Å². The quantitative estimate of drug-likeness (QED) is 0.425. The van der Waals surface area contributed by atoms with Gasteiger partial charge in [-0.1, -0.05) is 17.7 Å². The van der Waals surface area contributed by atoms with Crippen LogP contribution in [-0.4, -0.2) is 6.26 Å². The Kier molecular flexibility index (Phi) is 3.05. The summed E-state index contributed by atoms with van der Waals surface area (Å²) in [6.45, 7) is 0. The van der Waals surface area contributed by atoms with Crippen molar-refractivity contribution in [1.82, 2.24) is 0 Å². The number of hydrogen-bond acceptors (Lipinski definition) is 3. The summed E-state index contributed by atoms with van der Waals surface area (Å²) in [4.78, 5) is 0.983. The number of hydrazine groups is 1. The Hall–Kier alpha value is -0.380. The lowest BCUT2D eigenvalue weighted by Gasteiger charge is -2.06. The van der Waals surface area contributed by atoms with Crippen LogP contribution in [0, 0.1) is 0 Å². The third-order valence-electron chi connectivity index (χ3n) is 1.33. The molecule has 0 spiro atoms. The largest absolute Gasteiger partial charge is 0.323 e. The van der Waals surface area contributed by atoms with Crippen LogP contribution in [0.1, 0.15) is 0 Å². The summed E-state index contributed by atoms with van der Waals surface area (Å²) in [7, 11) is 0. The third kappa shape index (κ3) is 1.80. The molecule has 0 aliphatic carbocycles. The van der Waals surface area contributed by atoms with Crippen LogP contribution in [0.15, 0.2) is 23.1 Å². The topological polar surface area (TPSA) is 38.0 Å². The molecule has 11 heavy (non-hydrogen) atoms. The SMILES string of the molecule is CSc1c(Cl)cccc1NN. The summed E-state index contributed by atoms with van der Waals surface area (Å²) in [5.74, 6) is 5.27. The van der Waals surface area contributed by atoms with E-state index in [-0.39, 0.29) is 0 Å². The molecule has 0 heterocycles. The van der Waals surface area contributed by atoms with Gasteiger partial charge in [0.05, 0.1) is 15.6 Å². The molecule has 0 amide bonds. The fourth-order valence-corrected chi connectivity index (χ4v) is 1.85. The van der Waals surface area contributed by atoms with Crippen molar-refractivity contribution >= 4 is 29.1 Å². The number of thioether (sulfide) groups is 1. The molecule has 3 N–H and O–H groups in total. The van der Waals surface area contributed by atoms with E-state index >= 15 is 0 Å². The second-order valence-electron chi connectivity index (χ2n) is 1.96. The average Bonchev–Trinajstić information content (AvgIpc) is 2.04. The predicted octanol–water partition coefficient (Wildman–Crippen LogP) is 2.35. The van der Waals surface area contributed by atoms with E-state index in [1.807, 2.05) is 24.5 Å².